The van der Waals surface area contributed by atoms with Gasteiger partial charge in [-0.05, 0) is 22.5 Å². The van der Waals surface area contributed by atoms with Gasteiger partial charge in [-0.3, -0.25) is 4.84 Å². The highest BCUT2D eigenvalue weighted by Crippen LogP contribution is 2.46. The van der Waals surface area contributed by atoms with E-state index in [-0.39, 0.29) is 11.0 Å². The Morgan fingerprint density at radius 3 is 1.88 bits per heavy atom. The lowest BCUT2D eigenvalue weighted by Gasteiger charge is -2.28. The molecular formula is C22H17F5N2O3S. The molecule has 4 rings (SSSR count). The van der Waals surface area contributed by atoms with Crippen molar-refractivity contribution in [1.29, 1.82) is 0 Å². The standard InChI is InChI=1S/C22H17F5N2O3S/c1-13(15-10-6-3-7-11-15)28(12-14-8-4-2-5-9-14)33(30,31)29-22(32-29)16-17(23)19(25)21(27)20(26)18(16)24/h2-11,13,22H,12H2,1H3/t13-,22-,29?/m0/s1. The summed E-state index contributed by atoms with van der Waals surface area (Å²) >= 11 is 0. The van der Waals surface area contributed by atoms with Gasteiger partial charge in [0.05, 0.1) is 5.56 Å². The monoisotopic (exact) mass is 484 g/mol. The summed E-state index contributed by atoms with van der Waals surface area (Å²) in [5, 5.41) is 0. The van der Waals surface area contributed by atoms with Crippen LogP contribution in [0, 0.1) is 29.1 Å². The lowest BCUT2D eigenvalue weighted by atomic mass is 10.1. The molecule has 0 bridgehead atoms. The largest absolute Gasteiger partial charge is 0.308 e. The average Bonchev–Trinajstić information content (AvgIpc) is 3.62. The van der Waals surface area contributed by atoms with Crippen LogP contribution >= 0.6 is 0 Å². The van der Waals surface area contributed by atoms with Crippen LogP contribution in [0.5, 0.6) is 0 Å². The topological polar surface area (TPSA) is 52.9 Å². The summed E-state index contributed by atoms with van der Waals surface area (Å²) in [4.78, 5) is 4.85. The summed E-state index contributed by atoms with van der Waals surface area (Å²) in [6.07, 6.45) is -2.00. The molecular weight excluding hydrogens is 467 g/mol. The van der Waals surface area contributed by atoms with E-state index in [4.69, 9.17) is 4.84 Å². The lowest BCUT2D eigenvalue weighted by molar-refractivity contribution is 0.245. The summed E-state index contributed by atoms with van der Waals surface area (Å²) in [6, 6.07) is 16.3. The minimum atomic E-state index is -4.57. The van der Waals surface area contributed by atoms with E-state index >= 15 is 0 Å². The molecule has 0 aliphatic carbocycles. The fourth-order valence-electron chi connectivity index (χ4n) is 3.43. The number of benzene rings is 3. The molecule has 1 saturated heterocycles. The molecule has 174 valence electrons. The quantitative estimate of drug-likeness (QED) is 0.202. The summed E-state index contributed by atoms with van der Waals surface area (Å²) in [5.74, 6) is -11.0. The first-order chi connectivity index (χ1) is 15.6. The first-order valence-corrected chi connectivity index (χ1v) is 11.1. The molecule has 0 saturated carbocycles. The molecule has 1 aliphatic rings. The Labute approximate surface area is 186 Å². The fourth-order valence-corrected chi connectivity index (χ4v) is 5.00. The van der Waals surface area contributed by atoms with Gasteiger partial charge in [-0.15, -0.1) is 0 Å². The minimum Gasteiger partial charge on any atom is -0.252 e. The highest BCUT2D eigenvalue weighted by atomic mass is 32.2. The molecule has 3 aromatic rings. The van der Waals surface area contributed by atoms with Gasteiger partial charge in [-0.25, -0.2) is 22.0 Å². The molecule has 1 unspecified atom stereocenters. The molecule has 1 fully saturated rings. The Balaban J connectivity index is 1.71. The Morgan fingerprint density at radius 1 is 0.848 bits per heavy atom. The number of halogens is 5. The van der Waals surface area contributed by atoms with Crippen LogP contribution in [0.25, 0.3) is 0 Å². The predicted molar refractivity (Wildman–Crippen MR) is 108 cm³/mol. The van der Waals surface area contributed by atoms with E-state index < -0.39 is 57.1 Å². The molecule has 11 heteroatoms. The van der Waals surface area contributed by atoms with Crippen molar-refractivity contribution < 1.29 is 35.2 Å². The third-order valence-corrected chi connectivity index (χ3v) is 7.03. The molecule has 0 spiro atoms. The van der Waals surface area contributed by atoms with E-state index in [1.807, 2.05) is 0 Å². The van der Waals surface area contributed by atoms with Gasteiger partial charge in [0.15, 0.2) is 23.3 Å². The third kappa shape index (κ3) is 4.24. The Hall–Kier alpha value is -2.86. The van der Waals surface area contributed by atoms with Gasteiger partial charge in [0.2, 0.25) is 12.0 Å². The second kappa shape index (κ2) is 8.82. The van der Waals surface area contributed by atoms with Crippen molar-refractivity contribution in [2.45, 2.75) is 25.7 Å². The van der Waals surface area contributed by atoms with Gasteiger partial charge in [0, 0.05) is 12.6 Å². The number of rotatable bonds is 7. The van der Waals surface area contributed by atoms with Crippen LogP contribution in [0.3, 0.4) is 0 Å². The van der Waals surface area contributed by atoms with Crippen LogP contribution in [-0.4, -0.2) is 17.2 Å². The Morgan fingerprint density at radius 2 is 1.33 bits per heavy atom. The summed E-state index contributed by atoms with van der Waals surface area (Å²) < 4.78 is 97.0. The number of nitrogens with zero attached hydrogens (tertiary/aromatic N) is 2. The van der Waals surface area contributed by atoms with E-state index in [0.717, 1.165) is 4.31 Å². The van der Waals surface area contributed by atoms with E-state index in [0.29, 0.717) is 11.1 Å². The van der Waals surface area contributed by atoms with Gasteiger partial charge in [-0.1, -0.05) is 60.7 Å². The smallest absolute Gasteiger partial charge is 0.252 e. The van der Waals surface area contributed by atoms with E-state index in [9.17, 15) is 30.4 Å². The van der Waals surface area contributed by atoms with Crippen molar-refractivity contribution in [2.75, 3.05) is 0 Å². The van der Waals surface area contributed by atoms with Crippen LogP contribution in [0.1, 0.15) is 35.9 Å². The summed E-state index contributed by atoms with van der Waals surface area (Å²) in [7, 11) is -4.57. The zero-order chi connectivity index (χ0) is 23.9. The minimum absolute atomic E-state index is 0.136. The van der Waals surface area contributed by atoms with Crippen LogP contribution in [0.4, 0.5) is 22.0 Å². The average molecular weight is 484 g/mol. The summed E-state index contributed by atoms with van der Waals surface area (Å²) in [5.41, 5.74) is -0.146. The van der Waals surface area contributed by atoms with Crippen LogP contribution in [0.15, 0.2) is 60.7 Å². The van der Waals surface area contributed by atoms with E-state index in [2.05, 4.69) is 0 Å². The number of hydroxylamine groups is 1. The highest BCUT2D eigenvalue weighted by molar-refractivity contribution is 7.86. The molecule has 3 aromatic carbocycles. The molecule has 33 heavy (non-hydrogen) atoms. The summed E-state index contributed by atoms with van der Waals surface area (Å²) in [6.45, 7) is 1.47. The molecule has 0 amide bonds. The van der Waals surface area contributed by atoms with Crippen LogP contribution in [0.2, 0.25) is 0 Å². The first kappa shape index (κ1) is 23.3. The first-order valence-electron chi connectivity index (χ1n) is 9.72. The molecule has 1 aliphatic heterocycles. The predicted octanol–water partition coefficient (Wildman–Crippen LogP) is 5.14. The third-order valence-electron chi connectivity index (χ3n) is 5.26. The Kier molecular flexibility index (Phi) is 6.23. The second-order valence-corrected chi connectivity index (χ2v) is 9.05. The van der Waals surface area contributed by atoms with Gasteiger partial charge >= 0.3 is 10.2 Å². The van der Waals surface area contributed by atoms with Gasteiger partial charge in [0.1, 0.15) is 0 Å². The molecule has 5 nitrogen and oxygen atoms in total. The van der Waals surface area contributed by atoms with Gasteiger partial charge < -0.3 is 0 Å². The van der Waals surface area contributed by atoms with Crippen molar-refractivity contribution >= 4 is 10.2 Å². The van der Waals surface area contributed by atoms with Crippen molar-refractivity contribution in [3.63, 3.8) is 0 Å². The van der Waals surface area contributed by atoms with Gasteiger partial charge in [-0.2, -0.15) is 12.7 Å². The van der Waals surface area contributed by atoms with Crippen molar-refractivity contribution in [3.05, 3.63) is 106 Å². The molecule has 0 aromatic heterocycles. The fraction of sp³-hybridized carbons (Fsp3) is 0.182. The molecule has 0 N–H and O–H groups in total. The maximum absolute atomic E-state index is 14.2. The van der Waals surface area contributed by atoms with E-state index in [1.54, 1.807) is 67.6 Å². The highest BCUT2D eigenvalue weighted by Gasteiger charge is 2.55. The van der Waals surface area contributed by atoms with Gasteiger partial charge in [0.25, 0.3) is 0 Å². The normalized spacial score (nSPS) is 19.0. The van der Waals surface area contributed by atoms with Crippen molar-refractivity contribution in [2.24, 2.45) is 0 Å². The SMILES string of the molecule is C[C@@H](c1ccccc1)N(Cc1ccccc1)S(=O)(=O)N1O[C@H]1c1c(F)c(F)c(F)c(F)c1F. The zero-order valence-corrected chi connectivity index (χ0v) is 17.9. The maximum atomic E-state index is 14.2. The van der Waals surface area contributed by atoms with Crippen molar-refractivity contribution in [3.8, 4) is 0 Å². The molecule has 3 atom stereocenters. The number of hydrogen-bond donors (Lipinski definition) is 0. The van der Waals surface area contributed by atoms with E-state index in [1.165, 1.54) is 0 Å². The van der Waals surface area contributed by atoms with Crippen LogP contribution in [-0.2, 0) is 21.6 Å². The Bertz CT molecular complexity index is 1250. The second-order valence-electron chi connectivity index (χ2n) is 7.32. The molecule has 1 heterocycles. The zero-order valence-electron chi connectivity index (χ0n) is 17.1. The number of hydrogen-bond acceptors (Lipinski definition) is 3. The van der Waals surface area contributed by atoms with Crippen molar-refractivity contribution in [1.82, 2.24) is 8.77 Å². The van der Waals surface area contributed by atoms with Crippen LogP contribution < -0.4 is 0 Å². The lowest BCUT2D eigenvalue weighted by Crippen LogP contribution is -2.37. The molecule has 0 radical (unpaired) electrons. The maximum Gasteiger partial charge on any atom is 0.308 e.